The molecule has 3 nitrogen and oxygen atoms in total. The Balaban J connectivity index is 3.11. The van der Waals surface area contributed by atoms with E-state index in [9.17, 15) is 8.42 Å². The van der Waals surface area contributed by atoms with Crippen LogP contribution in [0.1, 0.15) is 19.8 Å². The maximum Gasteiger partial charge on any atom is 0.177 e. The van der Waals surface area contributed by atoms with Crippen molar-refractivity contribution in [3.05, 3.63) is 24.3 Å². The topological polar surface area (TPSA) is 37.4 Å². The van der Waals surface area contributed by atoms with Gasteiger partial charge < -0.3 is 4.90 Å². The van der Waals surface area contributed by atoms with Gasteiger partial charge in [0, 0.05) is 24.7 Å². The number of benzene rings is 1. The molecule has 0 aliphatic rings. The summed E-state index contributed by atoms with van der Waals surface area (Å²) in [5, 5.41) is 0.828. The van der Waals surface area contributed by atoms with E-state index in [0.717, 1.165) is 36.9 Å². The third kappa shape index (κ3) is 4.28. The van der Waals surface area contributed by atoms with Gasteiger partial charge in [-0.3, -0.25) is 0 Å². The maximum atomic E-state index is 11.8. The Labute approximate surface area is 118 Å². The highest BCUT2D eigenvalue weighted by atomic mass is 79.9. The molecule has 1 aromatic carbocycles. The molecule has 0 unspecified atom stereocenters. The average molecular weight is 334 g/mol. The number of unbranched alkanes of at least 4 members (excludes halogenated alkanes) is 1. The second kappa shape index (κ2) is 7.14. The predicted octanol–water partition coefficient (Wildman–Crippen LogP) is 3.09. The Morgan fingerprint density at radius 1 is 1.22 bits per heavy atom. The number of hydrogen-bond acceptors (Lipinski definition) is 3. The molecule has 0 saturated carbocycles. The SMILES string of the molecule is CCCCN(CCBr)c1ccccc1S(C)(=O)=O. The third-order valence-corrected chi connectivity index (χ3v) is 4.24. The zero-order valence-corrected chi connectivity index (χ0v) is 13.3. The van der Waals surface area contributed by atoms with Crippen LogP contribution in [0.15, 0.2) is 29.2 Å². The van der Waals surface area contributed by atoms with E-state index in [-0.39, 0.29) is 0 Å². The zero-order valence-electron chi connectivity index (χ0n) is 10.9. The van der Waals surface area contributed by atoms with Crippen LogP contribution in [0.5, 0.6) is 0 Å². The van der Waals surface area contributed by atoms with Gasteiger partial charge in [-0.2, -0.15) is 0 Å². The third-order valence-electron chi connectivity index (χ3n) is 2.74. The van der Waals surface area contributed by atoms with Crippen LogP contribution in [0.2, 0.25) is 0 Å². The van der Waals surface area contributed by atoms with Crippen LogP contribution < -0.4 is 4.90 Å². The van der Waals surface area contributed by atoms with Gasteiger partial charge in [-0.15, -0.1) is 0 Å². The van der Waals surface area contributed by atoms with E-state index in [0.29, 0.717) is 4.90 Å². The van der Waals surface area contributed by atoms with Crippen molar-refractivity contribution in [3.8, 4) is 0 Å². The van der Waals surface area contributed by atoms with E-state index in [1.807, 2.05) is 12.1 Å². The van der Waals surface area contributed by atoms with Gasteiger partial charge in [0.15, 0.2) is 9.84 Å². The molecular formula is C13H20BrNO2S. The van der Waals surface area contributed by atoms with Crippen molar-refractivity contribution in [1.29, 1.82) is 0 Å². The van der Waals surface area contributed by atoms with Crippen LogP contribution in [-0.4, -0.2) is 33.1 Å². The highest BCUT2D eigenvalue weighted by Gasteiger charge is 2.16. The fourth-order valence-corrected chi connectivity index (χ4v) is 3.17. The second-order valence-electron chi connectivity index (χ2n) is 4.27. The van der Waals surface area contributed by atoms with Crippen molar-refractivity contribution in [3.63, 3.8) is 0 Å². The number of rotatable bonds is 7. The zero-order chi connectivity index (χ0) is 13.6. The molecule has 102 valence electrons. The van der Waals surface area contributed by atoms with Gasteiger partial charge in [-0.25, -0.2) is 8.42 Å². The normalized spacial score (nSPS) is 11.5. The molecule has 0 aliphatic heterocycles. The predicted molar refractivity (Wildman–Crippen MR) is 80.5 cm³/mol. The molecule has 0 fully saturated rings. The first-order valence-corrected chi connectivity index (χ1v) is 9.12. The van der Waals surface area contributed by atoms with E-state index < -0.39 is 9.84 Å². The lowest BCUT2D eigenvalue weighted by molar-refractivity contribution is 0.601. The number of para-hydroxylation sites is 1. The first-order chi connectivity index (χ1) is 8.50. The fourth-order valence-electron chi connectivity index (χ4n) is 1.84. The highest BCUT2D eigenvalue weighted by Crippen LogP contribution is 2.25. The van der Waals surface area contributed by atoms with Crippen LogP contribution in [0.25, 0.3) is 0 Å². The highest BCUT2D eigenvalue weighted by molar-refractivity contribution is 9.09. The quantitative estimate of drug-likeness (QED) is 0.719. The maximum absolute atomic E-state index is 11.8. The molecule has 0 saturated heterocycles. The van der Waals surface area contributed by atoms with E-state index in [4.69, 9.17) is 0 Å². The van der Waals surface area contributed by atoms with Gasteiger partial charge in [0.25, 0.3) is 0 Å². The Morgan fingerprint density at radius 2 is 1.89 bits per heavy atom. The minimum atomic E-state index is -3.18. The van der Waals surface area contributed by atoms with Crippen LogP contribution in [0.3, 0.4) is 0 Å². The van der Waals surface area contributed by atoms with Crippen molar-refractivity contribution in [2.75, 3.05) is 29.6 Å². The van der Waals surface area contributed by atoms with Gasteiger partial charge >= 0.3 is 0 Å². The summed E-state index contributed by atoms with van der Waals surface area (Å²) >= 11 is 3.42. The van der Waals surface area contributed by atoms with Crippen molar-refractivity contribution in [1.82, 2.24) is 0 Å². The van der Waals surface area contributed by atoms with Crippen LogP contribution in [0, 0.1) is 0 Å². The summed E-state index contributed by atoms with van der Waals surface area (Å²) in [5.41, 5.74) is 0.813. The van der Waals surface area contributed by atoms with E-state index >= 15 is 0 Å². The number of sulfone groups is 1. The molecule has 1 aromatic rings. The summed E-state index contributed by atoms with van der Waals surface area (Å²) in [7, 11) is -3.18. The lowest BCUT2D eigenvalue weighted by Gasteiger charge is -2.25. The largest absolute Gasteiger partial charge is 0.370 e. The fraction of sp³-hybridized carbons (Fsp3) is 0.538. The molecule has 1 rings (SSSR count). The number of nitrogens with zero attached hydrogens (tertiary/aromatic N) is 1. The summed E-state index contributed by atoms with van der Waals surface area (Å²) < 4.78 is 23.6. The molecule has 0 spiro atoms. The van der Waals surface area contributed by atoms with Crippen LogP contribution in [0.4, 0.5) is 5.69 Å². The molecular weight excluding hydrogens is 314 g/mol. The van der Waals surface area contributed by atoms with Crippen molar-refractivity contribution in [2.45, 2.75) is 24.7 Å². The molecule has 0 heterocycles. The Hall–Kier alpha value is -0.550. The summed E-state index contributed by atoms with van der Waals surface area (Å²) in [6.45, 7) is 3.83. The molecule has 0 radical (unpaired) electrons. The minimum absolute atomic E-state index is 0.419. The molecule has 0 N–H and O–H groups in total. The van der Waals surface area contributed by atoms with Crippen LogP contribution in [-0.2, 0) is 9.84 Å². The van der Waals surface area contributed by atoms with E-state index in [1.165, 1.54) is 6.26 Å². The summed E-state index contributed by atoms with van der Waals surface area (Å²) in [6.07, 6.45) is 3.42. The van der Waals surface area contributed by atoms with Gasteiger partial charge in [-0.05, 0) is 18.6 Å². The second-order valence-corrected chi connectivity index (χ2v) is 7.05. The lowest BCUT2D eigenvalue weighted by atomic mass is 10.2. The van der Waals surface area contributed by atoms with Crippen molar-refractivity contribution < 1.29 is 8.42 Å². The average Bonchev–Trinajstić information content (AvgIpc) is 2.33. The minimum Gasteiger partial charge on any atom is -0.370 e. The Morgan fingerprint density at radius 3 is 2.44 bits per heavy atom. The van der Waals surface area contributed by atoms with Gasteiger partial charge in [0.1, 0.15) is 0 Å². The number of alkyl halides is 1. The van der Waals surface area contributed by atoms with Crippen LogP contribution >= 0.6 is 15.9 Å². The lowest BCUT2D eigenvalue weighted by Crippen LogP contribution is -2.28. The molecule has 0 atom stereocenters. The first kappa shape index (κ1) is 15.5. The number of anilines is 1. The molecule has 0 aromatic heterocycles. The number of halogens is 1. The van der Waals surface area contributed by atoms with Gasteiger partial charge in [0.2, 0.25) is 0 Å². The summed E-state index contributed by atoms with van der Waals surface area (Å²) in [5.74, 6) is 0. The number of hydrogen-bond donors (Lipinski definition) is 0. The van der Waals surface area contributed by atoms with Crippen molar-refractivity contribution in [2.24, 2.45) is 0 Å². The van der Waals surface area contributed by atoms with E-state index in [1.54, 1.807) is 12.1 Å². The van der Waals surface area contributed by atoms with Crippen molar-refractivity contribution >= 4 is 31.5 Å². The molecule has 18 heavy (non-hydrogen) atoms. The Kier molecular flexibility index (Phi) is 6.15. The van der Waals surface area contributed by atoms with Gasteiger partial charge in [0.05, 0.1) is 10.6 Å². The standard InChI is InChI=1S/C13H20BrNO2S/c1-3-4-10-15(11-9-14)12-7-5-6-8-13(12)18(2,16)17/h5-8H,3-4,9-11H2,1-2H3. The summed E-state index contributed by atoms with van der Waals surface area (Å²) in [6, 6.07) is 7.22. The van der Waals surface area contributed by atoms with E-state index in [2.05, 4.69) is 27.8 Å². The molecule has 0 amide bonds. The monoisotopic (exact) mass is 333 g/mol. The first-order valence-electron chi connectivity index (χ1n) is 6.10. The van der Waals surface area contributed by atoms with Gasteiger partial charge in [-0.1, -0.05) is 41.4 Å². The Bertz CT molecular complexity index is 474. The summed E-state index contributed by atoms with van der Waals surface area (Å²) in [4.78, 5) is 2.55. The smallest absolute Gasteiger partial charge is 0.177 e. The molecule has 0 bridgehead atoms. The molecule has 5 heteroatoms. The molecule has 0 aliphatic carbocycles.